The molecule has 1 atom stereocenters. The highest BCUT2D eigenvalue weighted by atomic mass is 35.5. The van der Waals surface area contributed by atoms with Crippen LogP contribution in [0.3, 0.4) is 0 Å². The zero-order valence-electron chi connectivity index (χ0n) is 15.9. The van der Waals surface area contributed by atoms with E-state index < -0.39 is 6.10 Å². The number of hydrogen-bond acceptors (Lipinski definition) is 5. The van der Waals surface area contributed by atoms with Crippen molar-refractivity contribution in [1.82, 2.24) is 9.97 Å². The van der Waals surface area contributed by atoms with E-state index in [-0.39, 0.29) is 0 Å². The molecule has 0 amide bonds. The van der Waals surface area contributed by atoms with Crippen molar-refractivity contribution in [3.8, 4) is 0 Å². The van der Waals surface area contributed by atoms with Gasteiger partial charge in [-0.1, -0.05) is 54.1 Å². The summed E-state index contributed by atoms with van der Waals surface area (Å²) in [7, 11) is 0. The highest BCUT2D eigenvalue weighted by Crippen LogP contribution is 2.26. The number of hydrogen-bond donors (Lipinski definition) is 3. The molecule has 0 saturated heterocycles. The maximum Gasteiger partial charge on any atom is 0.229 e. The summed E-state index contributed by atoms with van der Waals surface area (Å²) in [5.41, 5.74) is 3.47. The number of halogens is 1. The van der Waals surface area contributed by atoms with E-state index in [0.29, 0.717) is 17.5 Å². The molecule has 0 saturated carbocycles. The number of aliphatic hydroxyl groups is 1. The molecule has 1 aromatic heterocycles. The van der Waals surface area contributed by atoms with Gasteiger partial charge in [0.15, 0.2) is 0 Å². The van der Waals surface area contributed by atoms with E-state index in [1.807, 2.05) is 72.8 Å². The molecular formula is C23H21ClN4O. The van der Waals surface area contributed by atoms with E-state index in [1.165, 1.54) is 0 Å². The van der Waals surface area contributed by atoms with Crippen molar-refractivity contribution in [2.45, 2.75) is 19.6 Å². The van der Waals surface area contributed by atoms with Gasteiger partial charge in [-0.25, -0.2) is 4.98 Å². The van der Waals surface area contributed by atoms with Gasteiger partial charge in [0, 0.05) is 22.6 Å². The summed E-state index contributed by atoms with van der Waals surface area (Å²) in [5.74, 6) is 1.21. The Bertz CT molecular complexity index is 1150. The van der Waals surface area contributed by atoms with Crippen LogP contribution in [0.25, 0.3) is 10.9 Å². The van der Waals surface area contributed by atoms with Gasteiger partial charge in [0.05, 0.1) is 11.6 Å². The number of aromatic nitrogens is 2. The molecular weight excluding hydrogens is 384 g/mol. The van der Waals surface area contributed by atoms with Gasteiger partial charge < -0.3 is 15.7 Å². The van der Waals surface area contributed by atoms with Gasteiger partial charge in [-0.15, -0.1) is 0 Å². The summed E-state index contributed by atoms with van der Waals surface area (Å²) in [6, 6.07) is 23.2. The molecule has 6 heteroatoms. The predicted molar refractivity (Wildman–Crippen MR) is 119 cm³/mol. The van der Waals surface area contributed by atoms with Crippen molar-refractivity contribution in [2.75, 3.05) is 10.6 Å². The monoisotopic (exact) mass is 404 g/mol. The Morgan fingerprint density at radius 1 is 0.966 bits per heavy atom. The summed E-state index contributed by atoms with van der Waals surface area (Å²) in [6.45, 7) is 2.29. The molecule has 0 aliphatic heterocycles. The summed E-state index contributed by atoms with van der Waals surface area (Å²) < 4.78 is 0. The second-order valence-electron chi connectivity index (χ2n) is 6.78. The average molecular weight is 405 g/mol. The maximum atomic E-state index is 9.82. The molecule has 0 spiro atoms. The molecule has 146 valence electrons. The third-order valence-corrected chi connectivity index (χ3v) is 5.00. The number of anilines is 3. The van der Waals surface area contributed by atoms with Crippen LogP contribution >= 0.6 is 11.6 Å². The van der Waals surface area contributed by atoms with Gasteiger partial charge in [-0.3, -0.25) is 0 Å². The van der Waals surface area contributed by atoms with Crippen LogP contribution in [-0.4, -0.2) is 15.1 Å². The maximum absolute atomic E-state index is 9.82. The van der Waals surface area contributed by atoms with Crippen LogP contribution in [0.1, 0.15) is 24.2 Å². The van der Waals surface area contributed by atoms with Gasteiger partial charge in [0.2, 0.25) is 5.95 Å². The number of rotatable bonds is 6. The van der Waals surface area contributed by atoms with Crippen LogP contribution in [0.15, 0.2) is 72.8 Å². The van der Waals surface area contributed by atoms with E-state index in [9.17, 15) is 5.11 Å². The Balaban J connectivity index is 1.65. The van der Waals surface area contributed by atoms with Gasteiger partial charge in [0.1, 0.15) is 5.82 Å². The molecule has 0 aliphatic carbocycles. The first kappa shape index (κ1) is 19.2. The fourth-order valence-electron chi connectivity index (χ4n) is 3.09. The topological polar surface area (TPSA) is 70.1 Å². The molecule has 1 heterocycles. The van der Waals surface area contributed by atoms with E-state index >= 15 is 0 Å². The number of nitrogens with zero attached hydrogens (tertiary/aromatic N) is 2. The second-order valence-corrected chi connectivity index (χ2v) is 7.19. The van der Waals surface area contributed by atoms with Gasteiger partial charge in [0.25, 0.3) is 0 Å². The molecule has 0 fully saturated rings. The smallest absolute Gasteiger partial charge is 0.229 e. The lowest BCUT2D eigenvalue weighted by atomic mass is 10.1. The first-order valence-corrected chi connectivity index (χ1v) is 9.77. The Morgan fingerprint density at radius 3 is 2.59 bits per heavy atom. The van der Waals surface area contributed by atoms with E-state index in [2.05, 4.69) is 20.6 Å². The molecule has 0 aliphatic rings. The van der Waals surface area contributed by atoms with E-state index in [4.69, 9.17) is 11.6 Å². The zero-order valence-corrected chi connectivity index (χ0v) is 16.7. The quantitative estimate of drug-likeness (QED) is 0.385. The molecule has 3 N–H and O–H groups in total. The van der Waals surface area contributed by atoms with Crippen molar-refractivity contribution in [3.63, 3.8) is 0 Å². The molecule has 29 heavy (non-hydrogen) atoms. The summed E-state index contributed by atoms with van der Waals surface area (Å²) in [4.78, 5) is 9.30. The molecule has 1 unspecified atom stereocenters. The minimum atomic E-state index is -0.540. The fraction of sp³-hybridized carbons (Fsp3) is 0.130. The molecule has 4 aromatic rings. The lowest BCUT2D eigenvalue weighted by Gasteiger charge is -2.13. The highest BCUT2D eigenvalue weighted by molar-refractivity contribution is 6.31. The Morgan fingerprint density at radius 2 is 1.76 bits per heavy atom. The SMILES string of the molecule is CC(O)c1cccc(Nc2nc(NCc3ccccc3Cl)c3ccccc3n2)c1. The van der Waals surface area contributed by atoms with Crippen molar-refractivity contribution in [2.24, 2.45) is 0 Å². The summed E-state index contributed by atoms with van der Waals surface area (Å²) in [5, 5.41) is 18.1. The number of para-hydroxylation sites is 1. The van der Waals surface area contributed by atoms with E-state index in [1.54, 1.807) is 6.92 Å². The zero-order chi connectivity index (χ0) is 20.2. The average Bonchev–Trinajstić information content (AvgIpc) is 2.73. The van der Waals surface area contributed by atoms with Crippen LogP contribution in [0, 0.1) is 0 Å². The minimum Gasteiger partial charge on any atom is -0.389 e. The lowest BCUT2D eigenvalue weighted by molar-refractivity contribution is 0.199. The van der Waals surface area contributed by atoms with Crippen LogP contribution in [0.4, 0.5) is 17.5 Å². The van der Waals surface area contributed by atoms with Crippen molar-refractivity contribution < 1.29 is 5.11 Å². The first-order valence-electron chi connectivity index (χ1n) is 9.39. The lowest BCUT2D eigenvalue weighted by Crippen LogP contribution is -2.06. The van der Waals surface area contributed by atoms with Crippen molar-refractivity contribution in [3.05, 3.63) is 88.9 Å². The minimum absolute atomic E-state index is 0.480. The fourth-order valence-corrected chi connectivity index (χ4v) is 3.30. The van der Waals surface area contributed by atoms with Gasteiger partial charge in [-0.2, -0.15) is 4.98 Å². The number of benzene rings is 3. The molecule has 5 nitrogen and oxygen atoms in total. The van der Waals surface area contributed by atoms with Crippen molar-refractivity contribution in [1.29, 1.82) is 0 Å². The summed E-state index contributed by atoms with van der Waals surface area (Å²) >= 11 is 6.28. The Labute approximate surface area is 174 Å². The normalized spacial score (nSPS) is 12.0. The molecule has 3 aromatic carbocycles. The van der Waals surface area contributed by atoms with Gasteiger partial charge >= 0.3 is 0 Å². The number of nitrogens with one attached hydrogen (secondary N) is 2. The van der Waals surface area contributed by atoms with Crippen LogP contribution in [0.2, 0.25) is 5.02 Å². The van der Waals surface area contributed by atoms with Crippen LogP contribution < -0.4 is 10.6 Å². The Kier molecular flexibility index (Phi) is 5.60. The van der Waals surface area contributed by atoms with Crippen LogP contribution in [-0.2, 0) is 6.54 Å². The summed E-state index contributed by atoms with van der Waals surface area (Å²) in [6.07, 6.45) is -0.540. The second kappa shape index (κ2) is 8.47. The predicted octanol–water partition coefficient (Wildman–Crippen LogP) is 5.69. The number of aliphatic hydroxyl groups excluding tert-OH is 1. The van der Waals surface area contributed by atoms with Crippen molar-refractivity contribution >= 4 is 40.0 Å². The molecule has 0 radical (unpaired) electrons. The number of fused-ring (bicyclic) bond motifs is 1. The molecule has 4 rings (SSSR count). The highest BCUT2D eigenvalue weighted by Gasteiger charge is 2.09. The van der Waals surface area contributed by atoms with Crippen LogP contribution in [0.5, 0.6) is 0 Å². The largest absolute Gasteiger partial charge is 0.389 e. The third-order valence-electron chi connectivity index (χ3n) is 4.63. The van der Waals surface area contributed by atoms with E-state index in [0.717, 1.165) is 33.5 Å². The third kappa shape index (κ3) is 4.47. The Hall–Kier alpha value is -3.15. The molecule has 0 bridgehead atoms. The van der Waals surface area contributed by atoms with Gasteiger partial charge in [-0.05, 0) is 48.4 Å². The first-order chi connectivity index (χ1) is 14.1. The standard InChI is InChI=1S/C23H21ClN4O/c1-15(29)16-8-6-9-18(13-16)26-23-27-21-12-5-3-10-19(21)22(28-23)25-14-17-7-2-4-11-20(17)24/h2-13,15,29H,14H2,1H3,(H2,25,26,27,28).